The number of methoxy groups -OCH3 is 2. The Morgan fingerprint density at radius 1 is 1.26 bits per heavy atom. The molecule has 1 aromatic rings. The average molecular weight is 265 g/mol. The molecule has 0 aliphatic carbocycles. The largest absolute Gasteiger partial charge is 0.497 e. The second kappa shape index (κ2) is 7.67. The van der Waals surface area contributed by atoms with E-state index < -0.39 is 0 Å². The Hall–Kier alpha value is -1.71. The van der Waals surface area contributed by atoms with Gasteiger partial charge < -0.3 is 14.8 Å². The van der Waals surface area contributed by atoms with Gasteiger partial charge >= 0.3 is 0 Å². The number of anilines is 1. The molecule has 0 radical (unpaired) electrons. The smallest absolute Gasteiger partial charge is 0.227 e. The molecule has 0 aliphatic heterocycles. The van der Waals surface area contributed by atoms with Crippen LogP contribution in [0.1, 0.15) is 33.1 Å². The van der Waals surface area contributed by atoms with Crippen LogP contribution in [0.4, 0.5) is 5.69 Å². The Bertz CT molecular complexity index is 418. The van der Waals surface area contributed by atoms with Crippen molar-refractivity contribution in [3.63, 3.8) is 0 Å². The monoisotopic (exact) mass is 265 g/mol. The van der Waals surface area contributed by atoms with Crippen LogP contribution < -0.4 is 14.8 Å². The van der Waals surface area contributed by atoms with Gasteiger partial charge in [-0.3, -0.25) is 4.79 Å². The molecule has 106 valence electrons. The van der Waals surface area contributed by atoms with Crippen molar-refractivity contribution >= 4 is 11.6 Å². The molecular weight excluding hydrogens is 242 g/mol. The molecule has 0 bridgehead atoms. The van der Waals surface area contributed by atoms with Crippen LogP contribution in [0.15, 0.2) is 18.2 Å². The maximum atomic E-state index is 12.2. The number of hydrogen-bond donors (Lipinski definition) is 1. The van der Waals surface area contributed by atoms with E-state index in [1.54, 1.807) is 32.4 Å². The molecule has 1 unspecified atom stereocenters. The van der Waals surface area contributed by atoms with Gasteiger partial charge in [-0.05, 0) is 25.0 Å². The summed E-state index contributed by atoms with van der Waals surface area (Å²) >= 11 is 0. The van der Waals surface area contributed by atoms with Crippen molar-refractivity contribution in [2.45, 2.75) is 33.1 Å². The minimum absolute atomic E-state index is 0.0489. The van der Waals surface area contributed by atoms with Gasteiger partial charge in [-0.1, -0.05) is 20.3 Å². The third kappa shape index (κ3) is 4.16. The Balaban J connectivity index is 2.83. The summed E-state index contributed by atoms with van der Waals surface area (Å²) in [7, 11) is 3.18. The number of carbonyl (C=O) groups is 1. The summed E-state index contributed by atoms with van der Waals surface area (Å²) in [6.45, 7) is 4.12. The fourth-order valence-electron chi connectivity index (χ4n) is 2.01. The summed E-state index contributed by atoms with van der Waals surface area (Å²) in [6.07, 6.45) is 2.75. The number of carbonyl (C=O) groups excluding carboxylic acids is 1. The van der Waals surface area contributed by atoms with Crippen LogP contribution in [0.3, 0.4) is 0 Å². The summed E-state index contributed by atoms with van der Waals surface area (Å²) in [5.74, 6) is 1.42. The lowest BCUT2D eigenvalue weighted by molar-refractivity contribution is -0.120. The van der Waals surface area contributed by atoms with E-state index in [4.69, 9.17) is 9.47 Å². The fraction of sp³-hybridized carbons (Fsp3) is 0.533. The normalized spacial score (nSPS) is 11.8. The highest BCUT2D eigenvalue weighted by molar-refractivity contribution is 5.94. The first-order valence-electron chi connectivity index (χ1n) is 6.69. The van der Waals surface area contributed by atoms with Crippen LogP contribution in [0.2, 0.25) is 0 Å². The summed E-state index contributed by atoms with van der Waals surface area (Å²) in [6, 6.07) is 5.36. The van der Waals surface area contributed by atoms with E-state index in [-0.39, 0.29) is 11.8 Å². The molecule has 0 aliphatic rings. The van der Waals surface area contributed by atoms with Crippen LogP contribution in [0.5, 0.6) is 11.5 Å². The van der Waals surface area contributed by atoms with Crippen molar-refractivity contribution in [3.8, 4) is 11.5 Å². The number of amides is 1. The zero-order chi connectivity index (χ0) is 14.3. The second-order valence-electron chi connectivity index (χ2n) is 4.45. The highest BCUT2D eigenvalue weighted by Gasteiger charge is 2.17. The highest BCUT2D eigenvalue weighted by Crippen LogP contribution is 2.29. The minimum atomic E-state index is 0.0489. The summed E-state index contributed by atoms with van der Waals surface area (Å²) < 4.78 is 10.4. The SMILES string of the molecule is CCCC(CC)C(=O)Nc1ccc(OC)cc1OC. The molecule has 0 heterocycles. The van der Waals surface area contributed by atoms with Gasteiger partial charge in [-0.25, -0.2) is 0 Å². The Labute approximate surface area is 115 Å². The quantitative estimate of drug-likeness (QED) is 0.821. The predicted octanol–water partition coefficient (Wildman–Crippen LogP) is 3.47. The van der Waals surface area contributed by atoms with E-state index in [1.165, 1.54) is 0 Å². The number of ether oxygens (including phenoxy) is 2. The van der Waals surface area contributed by atoms with Gasteiger partial charge in [0, 0.05) is 12.0 Å². The molecule has 0 spiro atoms. The van der Waals surface area contributed by atoms with Crippen molar-refractivity contribution in [2.24, 2.45) is 5.92 Å². The molecule has 0 saturated carbocycles. The maximum absolute atomic E-state index is 12.2. The standard InChI is InChI=1S/C15H23NO3/c1-5-7-11(6-2)15(17)16-13-9-8-12(18-3)10-14(13)19-4/h8-11H,5-7H2,1-4H3,(H,16,17). The Kier molecular flexibility index (Phi) is 6.19. The van der Waals surface area contributed by atoms with E-state index in [0.717, 1.165) is 19.3 Å². The zero-order valence-electron chi connectivity index (χ0n) is 12.2. The van der Waals surface area contributed by atoms with E-state index >= 15 is 0 Å². The van der Waals surface area contributed by atoms with E-state index in [0.29, 0.717) is 17.2 Å². The van der Waals surface area contributed by atoms with Crippen LogP contribution >= 0.6 is 0 Å². The van der Waals surface area contributed by atoms with Crippen LogP contribution in [-0.2, 0) is 4.79 Å². The first-order valence-corrected chi connectivity index (χ1v) is 6.69. The lowest BCUT2D eigenvalue weighted by Gasteiger charge is -2.16. The summed E-state index contributed by atoms with van der Waals surface area (Å²) in [4.78, 5) is 12.2. The van der Waals surface area contributed by atoms with Gasteiger partial charge in [0.15, 0.2) is 0 Å². The van der Waals surface area contributed by atoms with E-state index in [2.05, 4.69) is 12.2 Å². The molecule has 4 heteroatoms. The third-order valence-corrected chi connectivity index (χ3v) is 3.17. The summed E-state index contributed by atoms with van der Waals surface area (Å²) in [5.41, 5.74) is 0.683. The number of rotatable bonds is 7. The lowest BCUT2D eigenvalue weighted by atomic mass is 10.00. The topological polar surface area (TPSA) is 47.6 Å². The van der Waals surface area contributed by atoms with Gasteiger partial charge in [-0.15, -0.1) is 0 Å². The third-order valence-electron chi connectivity index (χ3n) is 3.17. The Morgan fingerprint density at radius 3 is 2.53 bits per heavy atom. The highest BCUT2D eigenvalue weighted by atomic mass is 16.5. The molecular formula is C15H23NO3. The van der Waals surface area contributed by atoms with Gasteiger partial charge in [-0.2, -0.15) is 0 Å². The van der Waals surface area contributed by atoms with Crippen LogP contribution in [0.25, 0.3) is 0 Å². The molecule has 0 saturated heterocycles. The molecule has 1 amide bonds. The molecule has 4 nitrogen and oxygen atoms in total. The van der Waals surface area contributed by atoms with Crippen molar-refractivity contribution in [1.82, 2.24) is 0 Å². The van der Waals surface area contributed by atoms with E-state index in [9.17, 15) is 4.79 Å². The molecule has 19 heavy (non-hydrogen) atoms. The molecule has 1 N–H and O–H groups in total. The first-order chi connectivity index (χ1) is 9.15. The maximum Gasteiger partial charge on any atom is 0.227 e. The van der Waals surface area contributed by atoms with Crippen molar-refractivity contribution < 1.29 is 14.3 Å². The minimum Gasteiger partial charge on any atom is -0.497 e. The van der Waals surface area contributed by atoms with Crippen LogP contribution in [-0.4, -0.2) is 20.1 Å². The molecule has 1 aromatic carbocycles. The van der Waals surface area contributed by atoms with E-state index in [1.807, 2.05) is 6.92 Å². The van der Waals surface area contributed by atoms with Gasteiger partial charge in [0.05, 0.1) is 19.9 Å². The Morgan fingerprint density at radius 2 is 2.00 bits per heavy atom. The molecule has 1 rings (SSSR count). The number of nitrogens with one attached hydrogen (secondary N) is 1. The van der Waals surface area contributed by atoms with Gasteiger partial charge in [0.25, 0.3) is 0 Å². The lowest BCUT2D eigenvalue weighted by Crippen LogP contribution is -2.22. The molecule has 0 aromatic heterocycles. The van der Waals surface area contributed by atoms with Gasteiger partial charge in [0.1, 0.15) is 11.5 Å². The van der Waals surface area contributed by atoms with Crippen LogP contribution in [0, 0.1) is 5.92 Å². The number of benzene rings is 1. The predicted molar refractivity (Wildman–Crippen MR) is 76.9 cm³/mol. The average Bonchev–Trinajstić information content (AvgIpc) is 2.44. The number of hydrogen-bond acceptors (Lipinski definition) is 3. The summed E-state index contributed by atoms with van der Waals surface area (Å²) in [5, 5.41) is 2.93. The molecule has 0 fully saturated rings. The van der Waals surface area contributed by atoms with Crippen molar-refractivity contribution in [2.75, 3.05) is 19.5 Å². The first kappa shape index (κ1) is 15.3. The second-order valence-corrected chi connectivity index (χ2v) is 4.45. The fourth-order valence-corrected chi connectivity index (χ4v) is 2.01. The molecule has 1 atom stereocenters. The van der Waals surface area contributed by atoms with Gasteiger partial charge in [0.2, 0.25) is 5.91 Å². The van der Waals surface area contributed by atoms with Crippen molar-refractivity contribution in [3.05, 3.63) is 18.2 Å². The zero-order valence-corrected chi connectivity index (χ0v) is 12.2. The van der Waals surface area contributed by atoms with Crippen molar-refractivity contribution in [1.29, 1.82) is 0 Å².